The van der Waals surface area contributed by atoms with Gasteiger partial charge >= 0.3 is 0 Å². The van der Waals surface area contributed by atoms with Crippen LogP contribution in [-0.4, -0.2) is 16.6 Å². The topological polar surface area (TPSA) is 44.7 Å². The van der Waals surface area contributed by atoms with E-state index in [0.29, 0.717) is 6.42 Å². The zero-order valence-electron chi connectivity index (χ0n) is 8.23. The van der Waals surface area contributed by atoms with Crippen LogP contribution in [0.15, 0.2) is 29.4 Å². The predicted molar refractivity (Wildman–Crippen MR) is 55.9 cm³/mol. The third-order valence-electron chi connectivity index (χ3n) is 2.83. The molecule has 2 heterocycles. The molecule has 0 aliphatic carbocycles. The largest absolute Gasteiger partial charge is 0.349 e. The first kappa shape index (κ1) is 8.47. The number of hydrazone groups is 1. The summed E-state index contributed by atoms with van der Waals surface area (Å²) in [6, 6.07) is 8.34. The Morgan fingerprint density at radius 3 is 2.40 bits per heavy atom. The Hall–Kier alpha value is -1.84. The van der Waals surface area contributed by atoms with Crippen molar-refractivity contribution < 1.29 is 4.79 Å². The Balaban J connectivity index is 1.82. The molecular formula is C11H11N3O. The molecule has 0 radical (unpaired) electrons. The molecule has 0 unspecified atom stereocenters. The second-order valence-corrected chi connectivity index (χ2v) is 3.86. The molecular weight excluding hydrogens is 190 g/mol. The van der Waals surface area contributed by atoms with Gasteiger partial charge in [-0.1, -0.05) is 24.3 Å². The molecule has 0 saturated heterocycles. The van der Waals surface area contributed by atoms with Gasteiger partial charge in [-0.15, -0.1) is 0 Å². The molecule has 0 fully saturated rings. The lowest BCUT2D eigenvalue weighted by Crippen LogP contribution is -2.24. The van der Waals surface area contributed by atoms with Gasteiger partial charge in [0.15, 0.2) is 0 Å². The minimum atomic E-state index is -0.0130. The molecule has 0 atom stereocenters. The molecule has 0 aromatic heterocycles. The molecule has 0 spiro atoms. The van der Waals surface area contributed by atoms with Crippen molar-refractivity contribution in [2.75, 3.05) is 0 Å². The Morgan fingerprint density at radius 2 is 1.87 bits per heavy atom. The number of hydrogen-bond donors (Lipinski definition) is 1. The van der Waals surface area contributed by atoms with Crippen molar-refractivity contribution in [2.45, 2.75) is 19.5 Å². The number of nitrogens with one attached hydrogen (secondary N) is 1. The molecule has 2 aliphatic rings. The van der Waals surface area contributed by atoms with Gasteiger partial charge in [0.05, 0.1) is 6.42 Å². The highest BCUT2D eigenvalue weighted by atomic mass is 16.2. The lowest BCUT2D eigenvalue weighted by molar-refractivity contribution is -0.119. The van der Waals surface area contributed by atoms with Gasteiger partial charge in [0.2, 0.25) is 5.91 Å². The summed E-state index contributed by atoms with van der Waals surface area (Å²) in [7, 11) is 0. The molecule has 3 rings (SSSR count). The molecule has 15 heavy (non-hydrogen) atoms. The molecule has 1 N–H and O–H groups in total. The maximum atomic E-state index is 11.0. The van der Waals surface area contributed by atoms with E-state index in [0.717, 1.165) is 18.9 Å². The van der Waals surface area contributed by atoms with Crippen molar-refractivity contribution in [1.29, 1.82) is 0 Å². The Bertz CT molecular complexity index is 428. The Morgan fingerprint density at radius 1 is 1.20 bits per heavy atom. The average molecular weight is 201 g/mol. The lowest BCUT2D eigenvalue weighted by atomic mass is 10.1. The van der Waals surface area contributed by atoms with Gasteiger partial charge in [-0.05, 0) is 11.1 Å². The van der Waals surface area contributed by atoms with Crippen molar-refractivity contribution in [2.24, 2.45) is 5.10 Å². The highest BCUT2D eigenvalue weighted by Crippen LogP contribution is 2.23. The van der Waals surface area contributed by atoms with E-state index in [9.17, 15) is 4.79 Å². The maximum Gasteiger partial charge on any atom is 0.247 e. The van der Waals surface area contributed by atoms with Gasteiger partial charge in [0.1, 0.15) is 5.84 Å². The van der Waals surface area contributed by atoms with Gasteiger partial charge in [-0.3, -0.25) is 4.79 Å². The second kappa shape index (κ2) is 3.08. The van der Waals surface area contributed by atoms with Crippen LogP contribution in [0.2, 0.25) is 0 Å². The monoisotopic (exact) mass is 201 g/mol. The SMILES string of the molecule is O=C1CC(N2Cc3ccccc3C2)=NN1. The number of carbonyl (C=O) groups excluding carboxylic acids is 1. The summed E-state index contributed by atoms with van der Waals surface area (Å²) in [5.41, 5.74) is 5.15. The predicted octanol–water partition coefficient (Wildman–Crippen LogP) is 0.836. The molecule has 1 aromatic carbocycles. The molecule has 76 valence electrons. The van der Waals surface area contributed by atoms with E-state index in [1.165, 1.54) is 11.1 Å². The van der Waals surface area contributed by atoms with Crippen molar-refractivity contribution in [1.82, 2.24) is 10.3 Å². The van der Waals surface area contributed by atoms with Gasteiger partial charge in [0, 0.05) is 13.1 Å². The van der Waals surface area contributed by atoms with E-state index >= 15 is 0 Å². The molecule has 4 heteroatoms. The summed E-state index contributed by atoms with van der Waals surface area (Å²) in [4.78, 5) is 13.2. The van der Waals surface area contributed by atoms with Crippen molar-refractivity contribution in [3.8, 4) is 0 Å². The van der Waals surface area contributed by atoms with Gasteiger partial charge in [-0.2, -0.15) is 5.10 Å². The highest BCUT2D eigenvalue weighted by molar-refractivity contribution is 6.03. The van der Waals surface area contributed by atoms with Crippen LogP contribution < -0.4 is 5.43 Å². The molecule has 4 nitrogen and oxygen atoms in total. The lowest BCUT2D eigenvalue weighted by Gasteiger charge is -2.15. The summed E-state index contributed by atoms with van der Waals surface area (Å²) in [5.74, 6) is 0.845. The van der Waals surface area contributed by atoms with Crippen molar-refractivity contribution in [3.05, 3.63) is 35.4 Å². The smallest absolute Gasteiger partial charge is 0.247 e. The van der Waals surface area contributed by atoms with E-state index in [1.807, 2.05) is 12.1 Å². The number of nitrogens with zero attached hydrogens (tertiary/aromatic N) is 2. The first-order chi connectivity index (χ1) is 7.33. The fraction of sp³-hybridized carbons (Fsp3) is 0.273. The summed E-state index contributed by atoms with van der Waals surface area (Å²) in [6.45, 7) is 1.73. The van der Waals surface area contributed by atoms with Gasteiger partial charge in [0.25, 0.3) is 0 Å². The van der Waals surface area contributed by atoms with Crippen molar-refractivity contribution in [3.63, 3.8) is 0 Å². The zero-order valence-corrected chi connectivity index (χ0v) is 8.23. The normalized spacial score (nSPS) is 18.8. The average Bonchev–Trinajstić information content (AvgIpc) is 2.82. The van der Waals surface area contributed by atoms with Crippen LogP contribution in [0.25, 0.3) is 0 Å². The van der Waals surface area contributed by atoms with Crippen LogP contribution in [0.5, 0.6) is 0 Å². The zero-order chi connectivity index (χ0) is 10.3. The highest BCUT2D eigenvalue weighted by Gasteiger charge is 2.25. The number of carbonyl (C=O) groups is 1. The fourth-order valence-corrected chi connectivity index (χ4v) is 2.05. The number of amides is 1. The molecule has 0 bridgehead atoms. The maximum absolute atomic E-state index is 11.0. The van der Waals surface area contributed by atoms with Crippen LogP contribution in [0.1, 0.15) is 17.5 Å². The number of fused-ring (bicyclic) bond motifs is 1. The minimum Gasteiger partial charge on any atom is -0.349 e. The summed E-state index contributed by atoms with van der Waals surface area (Å²) in [5, 5.41) is 4.02. The third-order valence-corrected chi connectivity index (χ3v) is 2.83. The molecule has 1 amide bonds. The number of rotatable bonds is 0. The van der Waals surface area contributed by atoms with Crippen LogP contribution in [0.4, 0.5) is 0 Å². The van der Waals surface area contributed by atoms with E-state index in [4.69, 9.17) is 0 Å². The standard InChI is InChI=1S/C11H11N3O/c15-11-5-10(12-13-11)14-6-8-3-1-2-4-9(8)7-14/h1-4H,5-7H2,(H,13,15). The third kappa shape index (κ3) is 1.38. The Kier molecular flexibility index (Phi) is 1.74. The number of benzene rings is 1. The minimum absolute atomic E-state index is 0.0130. The number of hydrogen-bond acceptors (Lipinski definition) is 3. The van der Waals surface area contributed by atoms with Gasteiger partial charge < -0.3 is 4.90 Å². The van der Waals surface area contributed by atoms with Crippen LogP contribution in [0, 0.1) is 0 Å². The van der Waals surface area contributed by atoms with Crippen LogP contribution >= 0.6 is 0 Å². The summed E-state index contributed by atoms with van der Waals surface area (Å²) in [6.07, 6.45) is 0.411. The van der Waals surface area contributed by atoms with E-state index in [1.54, 1.807) is 0 Å². The van der Waals surface area contributed by atoms with E-state index in [-0.39, 0.29) is 5.91 Å². The molecule has 2 aliphatic heterocycles. The molecule has 0 saturated carbocycles. The quantitative estimate of drug-likeness (QED) is 0.676. The van der Waals surface area contributed by atoms with E-state index in [2.05, 4.69) is 27.6 Å². The van der Waals surface area contributed by atoms with Crippen LogP contribution in [-0.2, 0) is 17.9 Å². The van der Waals surface area contributed by atoms with Crippen LogP contribution in [0.3, 0.4) is 0 Å². The van der Waals surface area contributed by atoms with E-state index < -0.39 is 0 Å². The van der Waals surface area contributed by atoms with Gasteiger partial charge in [-0.25, -0.2) is 5.43 Å². The second-order valence-electron chi connectivity index (χ2n) is 3.86. The first-order valence-corrected chi connectivity index (χ1v) is 5.00. The first-order valence-electron chi connectivity index (χ1n) is 5.00. The van der Waals surface area contributed by atoms with Crippen molar-refractivity contribution >= 4 is 11.7 Å². The Labute approximate surface area is 87.6 Å². The summed E-state index contributed by atoms with van der Waals surface area (Å²) >= 11 is 0. The summed E-state index contributed by atoms with van der Waals surface area (Å²) < 4.78 is 0. The number of amidine groups is 1. The fourth-order valence-electron chi connectivity index (χ4n) is 2.05. The molecule has 1 aromatic rings.